The average Bonchev–Trinajstić information content (AvgIpc) is 3.11. The molecule has 0 radical (unpaired) electrons. The summed E-state index contributed by atoms with van der Waals surface area (Å²) in [6, 6.07) is 4.21. The monoisotopic (exact) mass is 444 g/mol. The van der Waals surface area contributed by atoms with Gasteiger partial charge in [0.2, 0.25) is 0 Å². The first kappa shape index (κ1) is 20.5. The number of aryl methyl sites for hydroxylation is 3. The van der Waals surface area contributed by atoms with Crippen LogP contribution in [0.5, 0.6) is 0 Å². The van der Waals surface area contributed by atoms with Crippen molar-refractivity contribution < 1.29 is 0 Å². The minimum absolute atomic E-state index is 0. The molecule has 2 rings (SSSR count). The molecular weight excluding hydrogens is 415 g/mol. The fraction of sp³-hybridized carbons (Fsp3) is 0.529. The van der Waals surface area contributed by atoms with Gasteiger partial charge in [-0.2, -0.15) is 5.10 Å². The van der Waals surface area contributed by atoms with Crippen LogP contribution in [0.25, 0.3) is 0 Å². The molecule has 0 unspecified atom stereocenters. The second-order valence-corrected chi connectivity index (χ2v) is 5.84. The molecule has 7 heteroatoms. The van der Waals surface area contributed by atoms with E-state index in [0.717, 1.165) is 38.6 Å². The van der Waals surface area contributed by atoms with Crippen LogP contribution < -0.4 is 5.32 Å². The van der Waals surface area contributed by atoms with Crippen LogP contribution in [0.15, 0.2) is 35.7 Å². The zero-order valence-electron chi connectivity index (χ0n) is 15.1. The van der Waals surface area contributed by atoms with Crippen molar-refractivity contribution in [3.05, 3.63) is 42.0 Å². The summed E-state index contributed by atoms with van der Waals surface area (Å²) in [7, 11) is 4.14. The van der Waals surface area contributed by atoms with Gasteiger partial charge in [0.15, 0.2) is 5.96 Å². The van der Waals surface area contributed by atoms with Crippen molar-refractivity contribution >= 4 is 29.9 Å². The van der Waals surface area contributed by atoms with E-state index in [1.54, 1.807) is 0 Å². The summed E-state index contributed by atoms with van der Waals surface area (Å²) in [6.07, 6.45) is 7.00. The second kappa shape index (κ2) is 10.4. The molecule has 0 saturated carbocycles. The molecule has 0 aliphatic heterocycles. The van der Waals surface area contributed by atoms with Gasteiger partial charge in [-0.05, 0) is 38.0 Å². The van der Waals surface area contributed by atoms with Gasteiger partial charge in [0.1, 0.15) is 0 Å². The third kappa shape index (κ3) is 6.18. The van der Waals surface area contributed by atoms with E-state index in [-0.39, 0.29) is 24.0 Å². The highest BCUT2D eigenvalue weighted by atomic mass is 127. The molecule has 2 heterocycles. The molecular formula is C17H29IN6. The summed E-state index contributed by atoms with van der Waals surface area (Å²) in [5.74, 6) is 0.949. The molecule has 0 spiro atoms. The van der Waals surface area contributed by atoms with E-state index in [0.29, 0.717) is 0 Å². The van der Waals surface area contributed by atoms with Gasteiger partial charge in [-0.3, -0.25) is 9.67 Å². The summed E-state index contributed by atoms with van der Waals surface area (Å²) in [6.45, 7) is 7.56. The molecule has 2 aromatic heterocycles. The fourth-order valence-corrected chi connectivity index (χ4v) is 2.46. The first-order valence-electron chi connectivity index (χ1n) is 8.19. The Morgan fingerprint density at radius 1 is 1.42 bits per heavy atom. The van der Waals surface area contributed by atoms with Gasteiger partial charge in [-0.25, -0.2) is 0 Å². The lowest BCUT2D eigenvalue weighted by Crippen LogP contribution is -2.38. The highest BCUT2D eigenvalue weighted by Gasteiger charge is 2.07. The largest absolute Gasteiger partial charge is 0.357 e. The van der Waals surface area contributed by atoms with Crippen molar-refractivity contribution in [3.63, 3.8) is 0 Å². The Kier molecular flexibility index (Phi) is 8.88. The summed E-state index contributed by atoms with van der Waals surface area (Å²) in [4.78, 5) is 6.89. The minimum Gasteiger partial charge on any atom is -0.357 e. The summed E-state index contributed by atoms with van der Waals surface area (Å²) < 4.78 is 4.12. The van der Waals surface area contributed by atoms with Crippen molar-refractivity contribution in [2.75, 3.05) is 20.1 Å². The Labute approximate surface area is 162 Å². The SMILES string of the molecule is CCNC(=NCCCn1cc(C)cn1)N(C)Cc1cccn1C.I. The summed E-state index contributed by atoms with van der Waals surface area (Å²) in [5, 5.41) is 7.66. The third-order valence-electron chi connectivity index (χ3n) is 3.72. The van der Waals surface area contributed by atoms with Gasteiger partial charge in [0.05, 0.1) is 12.7 Å². The minimum atomic E-state index is 0. The Balaban J connectivity index is 0.00000288. The second-order valence-electron chi connectivity index (χ2n) is 5.84. The standard InChI is InChI=1S/C17H28N6.HI/c1-5-18-17(22(4)14-16-8-6-10-21(16)3)19-9-7-11-23-13-15(2)12-20-23;/h6,8,10,12-13H,5,7,9,11,14H2,1-4H3,(H,18,19);1H. The van der Waals surface area contributed by atoms with Crippen LogP contribution in [0.2, 0.25) is 0 Å². The first-order valence-corrected chi connectivity index (χ1v) is 8.19. The number of hydrogen-bond donors (Lipinski definition) is 1. The lowest BCUT2D eigenvalue weighted by atomic mass is 10.4. The number of halogens is 1. The Morgan fingerprint density at radius 3 is 2.79 bits per heavy atom. The highest BCUT2D eigenvalue weighted by Crippen LogP contribution is 2.04. The van der Waals surface area contributed by atoms with Crippen LogP contribution in [0.4, 0.5) is 0 Å². The number of guanidine groups is 1. The van der Waals surface area contributed by atoms with Crippen LogP contribution >= 0.6 is 24.0 Å². The van der Waals surface area contributed by atoms with Crippen molar-refractivity contribution in [1.29, 1.82) is 0 Å². The van der Waals surface area contributed by atoms with E-state index in [9.17, 15) is 0 Å². The molecule has 134 valence electrons. The topological polar surface area (TPSA) is 50.4 Å². The Bertz CT molecular complexity index is 631. The molecule has 0 aliphatic carbocycles. The van der Waals surface area contributed by atoms with Gasteiger partial charge >= 0.3 is 0 Å². The lowest BCUT2D eigenvalue weighted by Gasteiger charge is -2.22. The van der Waals surface area contributed by atoms with E-state index >= 15 is 0 Å². The molecule has 6 nitrogen and oxygen atoms in total. The number of nitrogens with zero attached hydrogens (tertiary/aromatic N) is 5. The summed E-state index contributed by atoms with van der Waals surface area (Å²) in [5.41, 5.74) is 2.47. The van der Waals surface area contributed by atoms with Gasteiger partial charge in [-0.15, -0.1) is 24.0 Å². The molecule has 0 fully saturated rings. The summed E-state index contributed by atoms with van der Waals surface area (Å²) >= 11 is 0. The predicted octanol–water partition coefficient (Wildman–Crippen LogP) is 2.64. The highest BCUT2D eigenvalue weighted by molar-refractivity contribution is 14.0. The van der Waals surface area contributed by atoms with E-state index in [1.165, 1.54) is 11.3 Å². The number of aromatic nitrogens is 3. The van der Waals surface area contributed by atoms with Gasteiger partial charge in [-0.1, -0.05) is 0 Å². The van der Waals surface area contributed by atoms with Gasteiger partial charge in [0, 0.05) is 51.8 Å². The normalized spacial score (nSPS) is 11.2. The van der Waals surface area contributed by atoms with Crippen LogP contribution in [0.1, 0.15) is 24.6 Å². The molecule has 0 aliphatic rings. The number of aliphatic imine (C=N–C) groups is 1. The Morgan fingerprint density at radius 2 is 2.21 bits per heavy atom. The van der Waals surface area contributed by atoms with Crippen LogP contribution in [0.3, 0.4) is 0 Å². The van der Waals surface area contributed by atoms with E-state index in [2.05, 4.69) is 72.4 Å². The molecule has 1 N–H and O–H groups in total. The van der Waals surface area contributed by atoms with E-state index < -0.39 is 0 Å². The van der Waals surface area contributed by atoms with Crippen molar-refractivity contribution in [2.45, 2.75) is 33.4 Å². The molecule has 0 atom stereocenters. The molecule has 0 amide bonds. The van der Waals surface area contributed by atoms with E-state index in [1.807, 2.05) is 10.9 Å². The van der Waals surface area contributed by atoms with E-state index in [4.69, 9.17) is 4.99 Å². The molecule has 24 heavy (non-hydrogen) atoms. The lowest BCUT2D eigenvalue weighted by molar-refractivity contribution is 0.460. The van der Waals surface area contributed by atoms with Crippen LogP contribution in [-0.4, -0.2) is 45.3 Å². The zero-order valence-corrected chi connectivity index (χ0v) is 17.4. The first-order chi connectivity index (χ1) is 11.1. The number of hydrogen-bond acceptors (Lipinski definition) is 2. The fourth-order valence-electron chi connectivity index (χ4n) is 2.46. The molecule has 2 aromatic rings. The molecule has 0 saturated heterocycles. The van der Waals surface area contributed by atoms with Gasteiger partial charge in [0.25, 0.3) is 0 Å². The van der Waals surface area contributed by atoms with Crippen molar-refractivity contribution in [2.24, 2.45) is 12.0 Å². The average molecular weight is 444 g/mol. The zero-order chi connectivity index (χ0) is 16.7. The smallest absolute Gasteiger partial charge is 0.194 e. The third-order valence-corrected chi connectivity index (χ3v) is 3.72. The number of rotatable bonds is 7. The predicted molar refractivity (Wildman–Crippen MR) is 110 cm³/mol. The maximum Gasteiger partial charge on any atom is 0.194 e. The number of nitrogens with one attached hydrogen (secondary N) is 1. The molecule has 0 bridgehead atoms. The quantitative estimate of drug-likeness (QED) is 0.309. The van der Waals surface area contributed by atoms with Crippen molar-refractivity contribution in [1.82, 2.24) is 24.6 Å². The molecule has 0 aromatic carbocycles. The van der Waals surface area contributed by atoms with Crippen LogP contribution in [0, 0.1) is 6.92 Å². The Hall–Kier alpha value is -1.51. The van der Waals surface area contributed by atoms with Crippen molar-refractivity contribution in [3.8, 4) is 0 Å². The maximum atomic E-state index is 4.73. The van der Waals surface area contributed by atoms with Crippen LogP contribution in [-0.2, 0) is 20.1 Å². The van der Waals surface area contributed by atoms with Gasteiger partial charge < -0.3 is 14.8 Å². The maximum absolute atomic E-state index is 4.73.